The molecule has 6 heteroatoms. The molecule has 1 aliphatic rings. The number of rotatable bonds is 4. The van der Waals surface area contributed by atoms with Crippen molar-refractivity contribution in [1.82, 2.24) is 5.32 Å². The van der Waals surface area contributed by atoms with E-state index in [1.807, 2.05) is 24.3 Å². The fourth-order valence-electron chi connectivity index (χ4n) is 2.60. The Bertz CT molecular complexity index is 1140. The highest BCUT2D eigenvalue weighted by atomic mass is 16.3. The molecule has 1 amide bonds. The number of allylic oxidation sites excluding steroid dienone is 1. The molecule has 0 spiro atoms. The van der Waals surface area contributed by atoms with E-state index in [0.29, 0.717) is 11.3 Å². The standard InChI is InChI=1S/C24H19N3O3/c1-25-24(30)19-10-6-17(7-11-19)4-2-3-5-18-8-12-20(13-9-18)27-16-21-23(29)22(28)14-15-26-21/h6-13,15,27,29H,14,16H2,1H3,(H,25,30). The molecule has 30 heavy (non-hydrogen) atoms. The maximum absolute atomic E-state index is 11.5. The minimum Gasteiger partial charge on any atom is -0.503 e. The molecule has 0 aliphatic carbocycles. The first-order valence-corrected chi connectivity index (χ1v) is 9.23. The summed E-state index contributed by atoms with van der Waals surface area (Å²) in [6, 6.07) is 14.4. The molecule has 0 atom stereocenters. The molecule has 0 bridgehead atoms. The third-order valence-corrected chi connectivity index (χ3v) is 4.26. The van der Waals surface area contributed by atoms with Crippen LogP contribution in [0.25, 0.3) is 0 Å². The second kappa shape index (κ2) is 9.77. The van der Waals surface area contributed by atoms with Crippen LogP contribution in [0.15, 0.2) is 65.0 Å². The van der Waals surface area contributed by atoms with E-state index in [1.165, 1.54) is 6.21 Å². The van der Waals surface area contributed by atoms with E-state index in [9.17, 15) is 14.7 Å². The Morgan fingerprint density at radius 1 is 1.03 bits per heavy atom. The monoisotopic (exact) mass is 397 g/mol. The quantitative estimate of drug-likeness (QED) is 0.692. The van der Waals surface area contributed by atoms with Crippen molar-refractivity contribution in [2.45, 2.75) is 6.42 Å². The van der Waals surface area contributed by atoms with Crippen LogP contribution in [-0.4, -0.2) is 36.6 Å². The number of carbonyl (C=O) groups is 2. The van der Waals surface area contributed by atoms with Crippen molar-refractivity contribution < 1.29 is 14.7 Å². The number of Topliss-reactive ketones (excluding diaryl/α,β-unsaturated/α-hetero) is 1. The summed E-state index contributed by atoms with van der Waals surface area (Å²) in [5, 5.41) is 15.4. The van der Waals surface area contributed by atoms with Crippen LogP contribution < -0.4 is 10.6 Å². The molecule has 0 unspecified atom stereocenters. The zero-order valence-corrected chi connectivity index (χ0v) is 16.3. The number of anilines is 1. The van der Waals surface area contributed by atoms with Crippen molar-refractivity contribution in [2.24, 2.45) is 4.99 Å². The summed E-state index contributed by atoms with van der Waals surface area (Å²) >= 11 is 0. The Labute approximate surface area is 174 Å². The van der Waals surface area contributed by atoms with E-state index in [-0.39, 0.29) is 30.4 Å². The number of hydrogen-bond donors (Lipinski definition) is 3. The highest BCUT2D eigenvalue weighted by Crippen LogP contribution is 2.14. The van der Waals surface area contributed by atoms with Gasteiger partial charge in [0.05, 0.1) is 6.54 Å². The highest BCUT2D eigenvalue weighted by Gasteiger charge is 2.16. The zero-order chi connectivity index (χ0) is 21.3. The lowest BCUT2D eigenvalue weighted by Crippen LogP contribution is -2.17. The van der Waals surface area contributed by atoms with Gasteiger partial charge in [0.1, 0.15) is 5.70 Å². The SMILES string of the molecule is CNC(=O)c1ccc(C#CC#Cc2ccc(NCC3=C(O)C(=O)CC=N3)cc2)cc1. The molecule has 6 nitrogen and oxygen atoms in total. The normalized spacial score (nSPS) is 12.4. The lowest BCUT2D eigenvalue weighted by atomic mass is 10.1. The third-order valence-electron chi connectivity index (χ3n) is 4.26. The van der Waals surface area contributed by atoms with Crippen LogP contribution in [-0.2, 0) is 4.79 Å². The van der Waals surface area contributed by atoms with Crippen molar-refractivity contribution in [3.8, 4) is 23.7 Å². The molecule has 3 rings (SSSR count). The van der Waals surface area contributed by atoms with Gasteiger partial charge in [-0.15, -0.1) is 0 Å². The van der Waals surface area contributed by atoms with Gasteiger partial charge in [-0.25, -0.2) is 0 Å². The molecule has 3 N–H and O–H groups in total. The number of amides is 1. The number of benzene rings is 2. The Morgan fingerprint density at radius 2 is 1.63 bits per heavy atom. The summed E-state index contributed by atoms with van der Waals surface area (Å²) in [6.07, 6.45) is 1.63. The molecule has 0 aromatic heterocycles. The summed E-state index contributed by atoms with van der Waals surface area (Å²) in [7, 11) is 1.59. The molecule has 148 valence electrons. The first kappa shape index (κ1) is 20.4. The molecule has 1 aliphatic heterocycles. The highest BCUT2D eigenvalue weighted by molar-refractivity contribution is 6.04. The van der Waals surface area contributed by atoms with Crippen molar-refractivity contribution in [3.05, 3.63) is 76.7 Å². The van der Waals surface area contributed by atoms with E-state index in [4.69, 9.17) is 0 Å². The van der Waals surface area contributed by atoms with Gasteiger partial charge in [0, 0.05) is 42.1 Å². The fraction of sp³-hybridized carbons (Fsp3) is 0.125. The maximum atomic E-state index is 11.5. The van der Waals surface area contributed by atoms with Gasteiger partial charge >= 0.3 is 0 Å². The van der Waals surface area contributed by atoms with Crippen LogP contribution in [0.3, 0.4) is 0 Å². The number of aliphatic hydroxyl groups is 1. The minimum absolute atomic E-state index is 0.132. The molecule has 0 saturated heterocycles. The van der Waals surface area contributed by atoms with E-state index < -0.39 is 0 Å². The van der Waals surface area contributed by atoms with Crippen LogP contribution >= 0.6 is 0 Å². The second-order valence-electron chi connectivity index (χ2n) is 6.32. The summed E-state index contributed by atoms with van der Waals surface area (Å²) in [4.78, 5) is 27.0. The minimum atomic E-state index is -0.323. The number of nitrogens with zero attached hydrogens (tertiary/aromatic N) is 1. The van der Waals surface area contributed by atoms with Crippen molar-refractivity contribution in [2.75, 3.05) is 18.9 Å². The van der Waals surface area contributed by atoms with E-state index in [2.05, 4.69) is 39.3 Å². The predicted octanol–water partition coefficient (Wildman–Crippen LogP) is 2.67. The Kier molecular flexibility index (Phi) is 6.66. The molecule has 0 saturated carbocycles. The molecule has 2 aromatic carbocycles. The van der Waals surface area contributed by atoms with Gasteiger partial charge in [-0.05, 0) is 60.4 Å². The van der Waals surface area contributed by atoms with Gasteiger partial charge in [-0.1, -0.05) is 11.8 Å². The van der Waals surface area contributed by atoms with Crippen molar-refractivity contribution in [3.63, 3.8) is 0 Å². The van der Waals surface area contributed by atoms with Crippen molar-refractivity contribution >= 4 is 23.6 Å². The van der Waals surface area contributed by atoms with Gasteiger partial charge in [0.25, 0.3) is 5.91 Å². The average molecular weight is 397 g/mol. The predicted molar refractivity (Wildman–Crippen MR) is 116 cm³/mol. The summed E-state index contributed by atoms with van der Waals surface area (Å²) in [5.41, 5.74) is 3.30. The first-order chi connectivity index (χ1) is 14.6. The summed E-state index contributed by atoms with van der Waals surface area (Å²) in [5.74, 6) is 10.8. The molecular weight excluding hydrogens is 378 g/mol. The Balaban J connectivity index is 1.57. The van der Waals surface area contributed by atoms with Gasteiger partial charge in [0.2, 0.25) is 5.78 Å². The third kappa shape index (κ3) is 5.37. The molecule has 2 aromatic rings. The van der Waals surface area contributed by atoms with Gasteiger partial charge in [0.15, 0.2) is 5.76 Å². The lowest BCUT2D eigenvalue weighted by Gasteiger charge is -2.11. The molecule has 0 fully saturated rings. The Morgan fingerprint density at radius 3 is 2.23 bits per heavy atom. The molecule has 1 heterocycles. The lowest BCUT2D eigenvalue weighted by molar-refractivity contribution is -0.117. The Hall–Kier alpha value is -4.29. The number of aliphatic hydroxyl groups excluding tert-OH is 1. The number of aliphatic imine (C=N–C) groups is 1. The second-order valence-corrected chi connectivity index (χ2v) is 6.32. The average Bonchev–Trinajstić information content (AvgIpc) is 2.78. The fourth-order valence-corrected chi connectivity index (χ4v) is 2.60. The number of nitrogens with one attached hydrogen (secondary N) is 2. The topological polar surface area (TPSA) is 90.8 Å². The van der Waals surface area contributed by atoms with Crippen LogP contribution in [0.2, 0.25) is 0 Å². The molecule has 0 radical (unpaired) electrons. The first-order valence-electron chi connectivity index (χ1n) is 9.23. The number of hydrogen-bond acceptors (Lipinski definition) is 5. The number of ketones is 1. The van der Waals surface area contributed by atoms with Crippen LogP contribution in [0.4, 0.5) is 5.69 Å². The van der Waals surface area contributed by atoms with Gasteiger partial charge < -0.3 is 15.7 Å². The van der Waals surface area contributed by atoms with Crippen molar-refractivity contribution in [1.29, 1.82) is 0 Å². The zero-order valence-electron chi connectivity index (χ0n) is 16.3. The van der Waals surface area contributed by atoms with E-state index in [0.717, 1.165) is 16.8 Å². The largest absolute Gasteiger partial charge is 0.503 e. The maximum Gasteiger partial charge on any atom is 0.251 e. The summed E-state index contributed by atoms with van der Waals surface area (Å²) in [6.45, 7) is 0.253. The van der Waals surface area contributed by atoms with Crippen LogP contribution in [0.5, 0.6) is 0 Å². The van der Waals surface area contributed by atoms with E-state index in [1.54, 1.807) is 31.3 Å². The van der Waals surface area contributed by atoms with Crippen LogP contribution in [0.1, 0.15) is 27.9 Å². The number of carbonyl (C=O) groups excluding carboxylic acids is 2. The van der Waals surface area contributed by atoms with E-state index >= 15 is 0 Å². The molecular formula is C24H19N3O3. The van der Waals surface area contributed by atoms with Gasteiger partial charge in [-0.2, -0.15) is 0 Å². The van der Waals surface area contributed by atoms with Gasteiger partial charge in [-0.3, -0.25) is 14.6 Å². The summed E-state index contributed by atoms with van der Waals surface area (Å²) < 4.78 is 0. The smallest absolute Gasteiger partial charge is 0.251 e. The van der Waals surface area contributed by atoms with Crippen LogP contribution in [0, 0.1) is 23.7 Å².